The summed E-state index contributed by atoms with van der Waals surface area (Å²) in [6.07, 6.45) is -2.73. The zero-order valence-corrected chi connectivity index (χ0v) is 26.8. The molecular weight excluding hydrogens is 609 g/mol. The van der Waals surface area contributed by atoms with E-state index in [0.29, 0.717) is 25.4 Å². The summed E-state index contributed by atoms with van der Waals surface area (Å²) >= 11 is 1.56. The molecule has 6 rings (SSSR count). The molecule has 5 aromatic carbocycles. The highest BCUT2D eigenvalue weighted by molar-refractivity contribution is 7.99. The fraction of sp³-hybridized carbons (Fsp3) is 0.225. The maximum Gasteiger partial charge on any atom is 0.338 e. The molecule has 6 nitrogen and oxygen atoms in total. The summed E-state index contributed by atoms with van der Waals surface area (Å²) < 4.78 is 32.8. The van der Waals surface area contributed by atoms with Gasteiger partial charge in [-0.05, 0) is 41.0 Å². The molecule has 1 heterocycles. The lowest BCUT2D eigenvalue weighted by Crippen LogP contribution is -2.60. The van der Waals surface area contributed by atoms with E-state index < -0.39 is 35.8 Å². The topological polar surface area (TPSA) is 63.2 Å². The Labute approximate surface area is 280 Å². The molecule has 7 heteroatoms. The summed E-state index contributed by atoms with van der Waals surface area (Å²) in [5.74, 6) is -0.462. The van der Waals surface area contributed by atoms with Gasteiger partial charge < -0.3 is 23.7 Å². The van der Waals surface area contributed by atoms with E-state index in [-0.39, 0.29) is 6.61 Å². The van der Waals surface area contributed by atoms with Crippen molar-refractivity contribution in [2.75, 3.05) is 6.61 Å². The molecule has 0 aliphatic carbocycles. The van der Waals surface area contributed by atoms with Gasteiger partial charge in [-0.1, -0.05) is 139 Å². The highest BCUT2D eigenvalue weighted by Crippen LogP contribution is 2.38. The van der Waals surface area contributed by atoms with Crippen molar-refractivity contribution in [2.45, 2.75) is 54.6 Å². The molecule has 1 saturated heterocycles. The first-order chi connectivity index (χ1) is 23.2. The van der Waals surface area contributed by atoms with Gasteiger partial charge in [-0.2, -0.15) is 0 Å². The van der Waals surface area contributed by atoms with E-state index in [1.165, 1.54) is 0 Å². The second-order valence-electron chi connectivity index (χ2n) is 11.2. The van der Waals surface area contributed by atoms with E-state index in [1.807, 2.05) is 140 Å². The number of carbonyl (C=O) groups is 1. The molecule has 0 unspecified atom stereocenters. The number of carbonyl (C=O) groups excluding carboxylic acids is 1. The highest BCUT2D eigenvalue weighted by atomic mass is 32.2. The first-order valence-electron chi connectivity index (χ1n) is 15.8. The Bertz CT molecular complexity index is 1620. The Hall–Kier alpha value is -4.24. The van der Waals surface area contributed by atoms with Crippen molar-refractivity contribution >= 4 is 17.7 Å². The average Bonchev–Trinajstić information content (AvgIpc) is 3.13. The molecule has 0 spiro atoms. The molecule has 1 aliphatic heterocycles. The smallest absolute Gasteiger partial charge is 0.338 e. The minimum absolute atomic E-state index is 0.185. The highest BCUT2D eigenvalue weighted by Gasteiger charge is 2.50. The second-order valence-corrected chi connectivity index (χ2v) is 12.4. The van der Waals surface area contributed by atoms with Crippen LogP contribution in [0.1, 0.15) is 27.0 Å². The molecule has 5 aromatic rings. The van der Waals surface area contributed by atoms with Crippen molar-refractivity contribution in [3.05, 3.63) is 174 Å². The van der Waals surface area contributed by atoms with Crippen molar-refractivity contribution in [3.63, 3.8) is 0 Å². The molecule has 0 saturated carbocycles. The van der Waals surface area contributed by atoms with E-state index in [9.17, 15) is 4.79 Å². The predicted molar refractivity (Wildman–Crippen MR) is 183 cm³/mol. The number of benzene rings is 5. The summed E-state index contributed by atoms with van der Waals surface area (Å²) in [7, 11) is 0. The van der Waals surface area contributed by atoms with Crippen LogP contribution in [-0.4, -0.2) is 42.4 Å². The zero-order valence-electron chi connectivity index (χ0n) is 26.0. The Balaban J connectivity index is 1.33. The molecule has 0 bridgehead atoms. The van der Waals surface area contributed by atoms with Crippen molar-refractivity contribution in [1.29, 1.82) is 0 Å². The molecule has 0 radical (unpaired) electrons. The Morgan fingerprint density at radius 3 is 1.57 bits per heavy atom. The SMILES string of the molecule is O=C(O[C@@H]1[C@H](OCc2ccccc2)[C@@H](OCc2ccccc2)[C@H](Sc2ccccc2)O[C@@H]1COCc1ccccc1)c1ccccc1. The van der Waals surface area contributed by atoms with Crippen LogP contribution in [0.4, 0.5) is 0 Å². The Morgan fingerprint density at radius 1 is 0.553 bits per heavy atom. The number of thioether (sulfide) groups is 1. The van der Waals surface area contributed by atoms with E-state index in [1.54, 1.807) is 23.9 Å². The Kier molecular flexibility index (Phi) is 11.9. The van der Waals surface area contributed by atoms with Crippen molar-refractivity contribution in [3.8, 4) is 0 Å². The minimum Gasteiger partial charge on any atom is -0.453 e. The maximum absolute atomic E-state index is 13.6. The standard InChI is InChI=1S/C40H38O6S/c41-39(33-22-12-4-13-23-33)46-36-35(29-42-26-30-16-6-1-7-17-30)45-40(47-34-24-14-5-15-25-34)38(44-28-32-20-10-3-11-21-32)37(36)43-27-31-18-8-2-9-19-31/h1-25,35-38,40H,26-29H2/t35-,36+,37+,38-,40+/m1/s1. The molecule has 5 atom stereocenters. The van der Waals surface area contributed by atoms with Crippen molar-refractivity contribution in [1.82, 2.24) is 0 Å². The van der Waals surface area contributed by atoms with Gasteiger partial charge in [0.05, 0.1) is 32.0 Å². The van der Waals surface area contributed by atoms with Gasteiger partial charge in [0, 0.05) is 4.90 Å². The lowest BCUT2D eigenvalue weighted by atomic mass is 9.98. The van der Waals surface area contributed by atoms with Gasteiger partial charge in [-0.3, -0.25) is 0 Å². The summed E-state index contributed by atoms with van der Waals surface area (Å²) in [6, 6.07) is 49.0. The predicted octanol–water partition coefficient (Wildman–Crippen LogP) is 8.12. The van der Waals surface area contributed by atoms with Crippen LogP contribution in [0.25, 0.3) is 0 Å². The molecule has 0 amide bonds. The normalized spacial score (nSPS) is 20.8. The zero-order chi connectivity index (χ0) is 32.1. The second kappa shape index (κ2) is 17.1. The largest absolute Gasteiger partial charge is 0.453 e. The fourth-order valence-electron chi connectivity index (χ4n) is 5.42. The van der Waals surface area contributed by atoms with Crippen LogP contribution in [0.2, 0.25) is 0 Å². The Morgan fingerprint density at radius 2 is 1.02 bits per heavy atom. The van der Waals surface area contributed by atoms with Crippen LogP contribution >= 0.6 is 11.8 Å². The number of hydrogen-bond donors (Lipinski definition) is 0. The molecular formula is C40H38O6S. The first kappa shape index (κ1) is 32.7. The third kappa shape index (κ3) is 9.41. The van der Waals surface area contributed by atoms with Crippen LogP contribution in [0, 0.1) is 0 Å². The summed E-state index contributed by atoms with van der Waals surface area (Å²) in [6.45, 7) is 1.21. The van der Waals surface area contributed by atoms with Gasteiger partial charge in [-0.25, -0.2) is 4.79 Å². The molecule has 0 aromatic heterocycles. The monoisotopic (exact) mass is 646 g/mol. The van der Waals surface area contributed by atoms with Crippen LogP contribution in [0.5, 0.6) is 0 Å². The third-order valence-electron chi connectivity index (χ3n) is 7.80. The lowest BCUT2D eigenvalue weighted by molar-refractivity contribution is -0.240. The van der Waals surface area contributed by atoms with Gasteiger partial charge in [0.2, 0.25) is 0 Å². The van der Waals surface area contributed by atoms with Crippen LogP contribution in [0.3, 0.4) is 0 Å². The third-order valence-corrected chi connectivity index (χ3v) is 8.96. The quantitative estimate of drug-likeness (QED) is 0.113. The molecule has 1 aliphatic rings. The first-order valence-corrected chi connectivity index (χ1v) is 16.7. The lowest BCUT2D eigenvalue weighted by Gasteiger charge is -2.45. The fourth-order valence-corrected chi connectivity index (χ4v) is 6.56. The van der Waals surface area contributed by atoms with E-state index in [2.05, 4.69) is 0 Å². The van der Waals surface area contributed by atoms with Gasteiger partial charge >= 0.3 is 5.97 Å². The number of ether oxygens (including phenoxy) is 5. The molecule has 47 heavy (non-hydrogen) atoms. The molecule has 240 valence electrons. The van der Waals surface area contributed by atoms with Gasteiger partial charge in [0.25, 0.3) is 0 Å². The summed E-state index contributed by atoms with van der Waals surface area (Å²) in [5, 5.41) is 0. The van der Waals surface area contributed by atoms with Crippen LogP contribution in [-0.2, 0) is 43.5 Å². The summed E-state index contributed by atoms with van der Waals surface area (Å²) in [4.78, 5) is 14.6. The van der Waals surface area contributed by atoms with Crippen molar-refractivity contribution < 1.29 is 28.5 Å². The molecule has 1 fully saturated rings. The van der Waals surface area contributed by atoms with E-state index in [4.69, 9.17) is 23.7 Å². The van der Waals surface area contributed by atoms with Gasteiger partial charge in [-0.15, -0.1) is 0 Å². The molecule has 0 N–H and O–H groups in total. The maximum atomic E-state index is 13.6. The van der Waals surface area contributed by atoms with Gasteiger partial charge in [0.15, 0.2) is 6.10 Å². The van der Waals surface area contributed by atoms with E-state index >= 15 is 0 Å². The van der Waals surface area contributed by atoms with Crippen molar-refractivity contribution in [2.24, 2.45) is 0 Å². The summed E-state index contributed by atoms with van der Waals surface area (Å²) in [5.41, 5.74) is 3.01. The van der Waals surface area contributed by atoms with E-state index in [0.717, 1.165) is 21.6 Å². The number of rotatable bonds is 14. The van der Waals surface area contributed by atoms with Crippen LogP contribution in [0.15, 0.2) is 157 Å². The van der Waals surface area contributed by atoms with Crippen LogP contribution < -0.4 is 0 Å². The number of hydrogen-bond acceptors (Lipinski definition) is 7. The number of esters is 1. The minimum atomic E-state index is -0.824. The average molecular weight is 647 g/mol. The van der Waals surface area contributed by atoms with Gasteiger partial charge in [0.1, 0.15) is 23.7 Å².